The summed E-state index contributed by atoms with van der Waals surface area (Å²) < 4.78 is 0. The second-order valence-electron chi connectivity index (χ2n) is 11.2. The van der Waals surface area contributed by atoms with E-state index in [0.29, 0.717) is 5.92 Å². The smallest absolute Gasteiger partial charge is 0.0734 e. The van der Waals surface area contributed by atoms with E-state index in [4.69, 9.17) is 11.6 Å². The summed E-state index contributed by atoms with van der Waals surface area (Å²) in [5.41, 5.74) is 13.9. The monoisotopic (exact) mass is 516 g/mol. The standard InChI is InChI=1S/C38H25Cl/c39-35-23-11-22-34-36(35)38(30-18-7-3-14-26(30)27-15-4-8-19-31(27)38)33-21-10-9-20-32(33)37(34)28-16-5-1-12-24(28)25-13-2-6-17-29(25)37/h1-12,14-23,25H,13H2. The Balaban J connectivity index is 1.54. The van der Waals surface area contributed by atoms with Crippen LogP contribution in [0.15, 0.2) is 139 Å². The molecular formula is C38H25Cl. The number of fused-ring (bicyclic) bond motifs is 16. The molecule has 5 aromatic carbocycles. The van der Waals surface area contributed by atoms with Gasteiger partial charge in [0, 0.05) is 10.9 Å². The minimum Gasteiger partial charge on any atom is -0.0840 e. The number of rotatable bonds is 0. The Bertz CT molecular complexity index is 1880. The topological polar surface area (TPSA) is 0 Å². The van der Waals surface area contributed by atoms with Gasteiger partial charge in [-0.15, -0.1) is 0 Å². The van der Waals surface area contributed by atoms with Crippen LogP contribution in [-0.2, 0) is 10.8 Å². The maximum Gasteiger partial charge on any atom is 0.0734 e. The van der Waals surface area contributed by atoms with Gasteiger partial charge in [-0.1, -0.05) is 139 Å². The molecule has 9 rings (SSSR count). The number of halogens is 1. The maximum absolute atomic E-state index is 7.44. The van der Waals surface area contributed by atoms with Crippen molar-refractivity contribution in [3.8, 4) is 11.1 Å². The van der Waals surface area contributed by atoms with Crippen molar-refractivity contribution in [2.75, 3.05) is 0 Å². The molecule has 4 aliphatic rings. The predicted octanol–water partition coefficient (Wildman–Crippen LogP) is 9.33. The van der Waals surface area contributed by atoms with Crippen LogP contribution in [0.3, 0.4) is 0 Å². The molecule has 0 radical (unpaired) electrons. The van der Waals surface area contributed by atoms with E-state index < -0.39 is 5.41 Å². The average Bonchev–Trinajstić information content (AvgIpc) is 3.46. The number of hydrogen-bond donors (Lipinski definition) is 0. The van der Waals surface area contributed by atoms with E-state index in [9.17, 15) is 0 Å². The minimum atomic E-state index is -0.485. The van der Waals surface area contributed by atoms with Crippen molar-refractivity contribution in [3.63, 3.8) is 0 Å². The SMILES string of the molecule is Clc1cccc2c1C1(c3ccccc3-c3ccccc31)c1ccccc1C21C2=CC=CCC2c2ccccc21. The van der Waals surface area contributed by atoms with Crippen LogP contribution >= 0.6 is 11.6 Å². The predicted molar refractivity (Wildman–Crippen MR) is 160 cm³/mol. The molecule has 4 aliphatic carbocycles. The molecule has 2 spiro atoms. The third-order valence-corrected chi connectivity index (χ3v) is 10.1. The molecule has 5 aromatic rings. The molecule has 2 unspecified atom stereocenters. The van der Waals surface area contributed by atoms with Gasteiger partial charge in [-0.25, -0.2) is 0 Å². The average molecular weight is 517 g/mol. The van der Waals surface area contributed by atoms with E-state index in [1.807, 2.05) is 0 Å². The second kappa shape index (κ2) is 7.50. The highest BCUT2D eigenvalue weighted by Crippen LogP contribution is 2.69. The fraction of sp³-hybridized carbons (Fsp3) is 0.105. The van der Waals surface area contributed by atoms with Crippen molar-refractivity contribution in [3.05, 3.63) is 189 Å². The Kier molecular flexibility index (Phi) is 4.18. The van der Waals surface area contributed by atoms with Crippen LogP contribution in [0.25, 0.3) is 11.1 Å². The summed E-state index contributed by atoms with van der Waals surface area (Å²) in [7, 11) is 0. The zero-order valence-corrected chi connectivity index (χ0v) is 22.1. The molecule has 39 heavy (non-hydrogen) atoms. The van der Waals surface area contributed by atoms with Crippen LogP contribution in [0.5, 0.6) is 0 Å². The summed E-state index contributed by atoms with van der Waals surface area (Å²) in [6, 6.07) is 42.9. The maximum atomic E-state index is 7.44. The Morgan fingerprint density at radius 2 is 1.10 bits per heavy atom. The molecule has 1 heteroatoms. The molecule has 0 bridgehead atoms. The fourth-order valence-corrected chi connectivity index (χ4v) is 8.95. The van der Waals surface area contributed by atoms with Crippen LogP contribution in [0.2, 0.25) is 5.02 Å². The lowest BCUT2D eigenvalue weighted by molar-refractivity contribution is 0.609. The summed E-state index contributed by atoms with van der Waals surface area (Å²) >= 11 is 7.44. The van der Waals surface area contributed by atoms with Gasteiger partial charge in [0.2, 0.25) is 0 Å². The molecule has 2 atom stereocenters. The molecule has 0 aliphatic heterocycles. The summed E-state index contributed by atoms with van der Waals surface area (Å²) in [5.74, 6) is 0.364. The van der Waals surface area contributed by atoms with Gasteiger partial charge in [0.1, 0.15) is 0 Å². The molecule has 0 nitrogen and oxygen atoms in total. The highest BCUT2D eigenvalue weighted by atomic mass is 35.5. The van der Waals surface area contributed by atoms with Crippen molar-refractivity contribution in [2.45, 2.75) is 23.2 Å². The number of allylic oxidation sites excluding steroid dienone is 4. The van der Waals surface area contributed by atoms with Crippen LogP contribution in [0.1, 0.15) is 56.8 Å². The number of hydrogen-bond acceptors (Lipinski definition) is 0. The van der Waals surface area contributed by atoms with Gasteiger partial charge in [-0.2, -0.15) is 0 Å². The number of benzene rings is 5. The largest absolute Gasteiger partial charge is 0.0840 e. The van der Waals surface area contributed by atoms with E-state index >= 15 is 0 Å². The zero-order valence-electron chi connectivity index (χ0n) is 21.4. The molecular weight excluding hydrogens is 492 g/mol. The molecule has 0 fully saturated rings. The quantitative estimate of drug-likeness (QED) is 0.189. The van der Waals surface area contributed by atoms with Crippen LogP contribution < -0.4 is 0 Å². The Morgan fingerprint density at radius 3 is 1.82 bits per heavy atom. The zero-order chi connectivity index (χ0) is 25.8. The third-order valence-electron chi connectivity index (χ3n) is 9.81. The molecule has 0 saturated heterocycles. The van der Waals surface area contributed by atoms with Crippen molar-refractivity contribution < 1.29 is 0 Å². The first-order valence-electron chi connectivity index (χ1n) is 13.8. The van der Waals surface area contributed by atoms with Crippen LogP contribution in [-0.4, -0.2) is 0 Å². The highest BCUT2D eigenvalue weighted by Gasteiger charge is 2.60. The Labute approximate surface area is 233 Å². The third kappa shape index (κ3) is 2.35. The molecule has 0 saturated carbocycles. The van der Waals surface area contributed by atoms with Gasteiger partial charge in [0.25, 0.3) is 0 Å². The Morgan fingerprint density at radius 1 is 0.538 bits per heavy atom. The fourth-order valence-electron chi connectivity index (χ4n) is 8.64. The van der Waals surface area contributed by atoms with Crippen LogP contribution in [0.4, 0.5) is 0 Å². The lowest BCUT2D eigenvalue weighted by Gasteiger charge is -2.49. The lowest BCUT2D eigenvalue weighted by Crippen LogP contribution is -2.44. The second-order valence-corrected chi connectivity index (χ2v) is 11.6. The van der Waals surface area contributed by atoms with Crippen molar-refractivity contribution in [1.29, 1.82) is 0 Å². The van der Waals surface area contributed by atoms with E-state index in [1.54, 1.807) is 0 Å². The molecule has 0 heterocycles. The summed E-state index contributed by atoms with van der Waals surface area (Å²) in [6.45, 7) is 0. The van der Waals surface area contributed by atoms with Gasteiger partial charge < -0.3 is 0 Å². The van der Waals surface area contributed by atoms with Crippen molar-refractivity contribution in [2.24, 2.45) is 0 Å². The first-order valence-corrected chi connectivity index (χ1v) is 14.2. The van der Waals surface area contributed by atoms with Gasteiger partial charge >= 0.3 is 0 Å². The summed E-state index contributed by atoms with van der Waals surface area (Å²) in [4.78, 5) is 0. The first-order chi connectivity index (χ1) is 19.3. The summed E-state index contributed by atoms with van der Waals surface area (Å²) in [5, 5.41) is 0.834. The van der Waals surface area contributed by atoms with Gasteiger partial charge in [0.15, 0.2) is 0 Å². The van der Waals surface area contributed by atoms with E-state index in [0.717, 1.165) is 11.4 Å². The van der Waals surface area contributed by atoms with E-state index in [2.05, 4.69) is 133 Å². The minimum absolute atomic E-state index is 0.364. The first kappa shape index (κ1) is 21.8. The van der Waals surface area contributed by atoms with Crippen molar-refractivity contribution >= 4 is 11.6 Å². The lowest BCUT2D eigenvalue weighted by atomic mass is 9.52. The Hall–Kier alpha value is -4.13. The van der Waals surface area contributed by atoms with Gasteiger partial charge in [-0.05, 0) is 73.7 Å². The van der Waals surface area contributed by atoms with Crippen LogP contribution in [0, 0.1) is 0 Å². The van der Waals surface area contributed by atoms with Gasteiger partial charge in [0.05, 0.1) is 10.8 Å². The normalized spacial score (nSPS) is 22.0. The summed E-state index contributed by atoms with van der Waals surface area (Å²) in [6.07, 6.45) is 8.00. The van der Waals surface area contributed by atoms with E-state index in [-0.39, 0.29) is 5.41 Å². The molecule has 184 valence electrons. The van der Waals surface area contributed by atoms with Crippen molar-refractivity contribution in [1.82, 2.24) is 0 Å². The highest BCUT2D eigenvalue weighted by molar-refractivity contribution is 6.32. The van der Waals surface area contributed by atoms with E-state index in [1.165, 1.54) is 61.2 Å². The molecule has 0 N–H and O–H groups in total. The molecule has 0 aromatic heterocycles. The molecule has 0 amide bonds. The van der Waals surface area contributed by atoms with Gasteiger partial charge in [-0.3, -0.25) is 0 Å².